The first-order valence-electron chi connectivity index (χ1n) is 16.2. The molecule has 0 unspecified atom stereocenters. The lowest BCUT2D eigenvalue weighted by Gasteiger charge is -2.22. The van der Waals surface area contributed by atoms with Crippen LogP contribution in [0.25, 0.3) is 43.1 Å². The van der Waals surface area contributed by atoms with Gasteiger partial charge in [0.2, 0.25) is 33.3 Å². The van der Waals surface area contributed by atoms with Crippen LogP contribution in [0.3, 0.4) is 0 Å². The third-order valence-corrected chi connectivity index (χ3v) is 26.2. The highest BCUT2D eigenvalue weighted by atomic mass is 28.4. The summed E-state index contributed by atoms with van der Waals surface area (Å²) in [6.07, 6.45) is 0. The Hall–Kier alpha value is -3.51. The molecule has 0 amide bonds. The van der Waals surface area contributed by atoms with Crippen LogP contribution in [0.4, 0.5) is 0 Å². The summed E-state index contributed by atoms with van der Waals surface area (Å²) in [7, 11) is -7.85. The number of hydrogen-bond donors (Lipinski definition) is 0. The molecule has 8 heteroatoms. The molecule has 228 valence electrons. The summed E-state index contributed by atoms with van der Waals surface area (Å²) in [6.45, 7) is 18.3. The van der Waals surface area contributed by atoms with E-state index in [1.165, 1.54) is 20.7 Å². The van der Waals surface area contributed by atoms with Crippen LogP contribution in [-0.2, 0) is 8.23 Å². The molecule has 6 aromatic rings. The minimum atomic E-state index is -1.96. The van der Waals surface area contributed by atoms with Crippen molar-refractivity contribution in [1.82, 2.24) is 0 Å². The van der Waals surface area contributed by atoms with E-state index in [-0.39, 0.29) is 11.6 Å². The van der Waals surface area contributed by atoms with Crippen molar-refractivity contribution in [3.63, 3.8) is 0 Å². The molecular weight excluding hydrogens is 633 g/mol. The first-order chi connectivity index (χ1) is 21.5. The number of ketones is 2. The van der Waals surface area contributed by atoms with Gasteiger partial charge in [-0.25, -0.2) is 0 Å². The summed E-state index contributed by atoms with van der Waals surface area (Å²) in [5.41, 5.74) is 1.97. The molecule has 0 N–H and O–H groups in total. The maximum atomic E-state index is 14.1. The Morgan fingerprint density at radius 3 is 0.739 bits per heavy atom. The van der Waals surface area contributed by atoms with Crippen LogP contribution in [-0.4, -0.2) is 44.8 Å². The van der Waals surface area contributed by atoms with E-state index >= 15 is 0 Å². The number of benzene rings is 6. The Morgan fingerprint density at radius 2 is 0.522 bits per heavy atom. The van der Waals surface area contributed by atoms with Crippen LogP contribution < -0.4 is 20.7 Å². The Labute approximate surface area is 272 Å². The third kappa shape index (κ3) is 3.82. The molecule has 0 saturated heterocycles. The first kappa shape index (κ1) is 28.7. The molecule has 0 fully saturated rings. The lowest BCUT2D eigenvalue weighted by molar-refractivity contribution is 0.0979. The van der Waals surface area contributed by atoms with Crippen molar-refractivity contribution >= 4 is 109 Å². The second kappa shape index (κ2) is 8.69. The number of rotatable bonds is 0. The first-order valence-corrected chi connectivity index (χ1v) is 27.8. The van der Waals surface area contributed by atoms with Gasteiger partial charge in [0, 0.05) is 22.3 Å². The van der Waals surface area contributed by atoms with Gasteiger partial charge in [-0.3, -0.25) is 9.59 Å². The molecule has 9 rings (SSSR count). The fourth-order valence-electron chi connectivity index (χ4n) is 8.73. The molecule has 4 nitrogen and oxygen atoms in total. The van der Waals surface area contributed by atoms with Crippen molar-refractivity contribution in [3.8, 4) is 0 Å². The summed E-state index contributed by atoms with van der Waals surface area (Å²) in [5.74, 6) is -0.165. The van der Waals surface area contributed by atoms with Crippen molar-refractivity contribution < 1.29 is 17.8 Å². The molecule has 1 aliphatic carbocycles. The molecule has 2 aliphatic heterocycles. The molecule has 0 saturated carbocycles. The van der Waals surface area contributed by atoms with Gasteiger partial charge in [-0.05, 0) is 165 Å². The van der Waals surface area contributed by atoms with Crippen molar-refractivity contribution in [2.75, 3.05) is 0 Å². The smallest absolute Gasteiger partial charge is 0.206 e. The van der Waals surface area contributed by atoms with Gasteiger partial charge in [-0.2, -0.15) is 0 Å². The molecule has 6 aromatic carbocycles. The summed E-state index contributed by atoms with van der Waals surface area (Å²) in [6, 6.07) is 25.8. The highest BCUT2D eigenvalue weighted by Gasteiger charge is 2.47. The minimum absolute atomic E-state index is 0.0825. The number of carbonyl (C=O) groups excluding carboxylic acids is 2. The quantitative estimate of drug-likeness (QED) is 0.132. The van der Waals surface area contributed by atoms with Crippen LogP contribution in [0.15, 0.2) is 72.8 Å². The summed E-state index contributed by atoms with van der Waals surface area (Å²) < 4.78 is 13.4. The maximum Gasteiger partial charge on any atom is 0.206 e. The Morgan fingerprint density at radius 1 is 0.326 bits per heavy atom. The largest absolute Gasteiger partial charge is 0.449 e. The zero-order valence-corrected chi connectivity index (χ0v) is 31.6. The molecule has 0 atom stereocenters. The molecule has 0 bridgehead atoms. The van der Waals surface area contributed by atoms with Gasteiger partial charge in [0.05, 0.1) is 0 Å². The number of hydrogen-bond acceptors (Lipinski definition) is 4. The predicted molar refractivity (Wildman–Crippen MR) is 200 cm³/mol. The molecule has 0 spiro atoms. The normalized spacial score (nSPS) is 19.9. The fraction of sp³-hybridized carbons (Fsp3) is 0.211. The third-order valence-electron chi connectivity index (χ3n) is 10.7. The van der Waals surface area contributed by atoms with E-state index < -0.39 is 33.3 Å². The Balaban J connectivity index is 1.21. The van der Waals surface area contributed by atoms with Crippen molar-refractivity contribution in [3.05, 3.63) is 95.1 Å². The van der Waals surface area contributed by atoms with Crippen LogP contribution in [0.2, 0.25) is 52.4 Å². The number of fused-ring (bicyclic) bond motifs is 8. The highest BCUT2D eigenvalue weighted by molar-refractivity contribution is 7.06. The number of carbonyl (C=O) groups is 2. The molecule has 3 aliphatic rings. The molecule has 2 heterocycles. The van der Waals surface area contributed by atoms with Gasteiger partial charge in [0.15, 0.2) is 11.6 Å². The second-order valence-electron chi connectivity index (χ2n) is 15.6. The Kier molecular flexibility index (Phi) is 5.42. The van der Waals surface area contributed by atoms with Crippen molar-refractivity contribution in [2.45, 2.75) is 52.4 Å². The van der Waals surface area contributed by atoms with E-state index in [2.05, 4.69) is 101 Å². The van der Waals surface area contributed by atoms with E-state index in [0.29, 0.717) is 22.3 Å². The van der Waals surface area contributed by atoms with Crippen LogP contribution in [0.5, 0.6) is 0 Å². The second-order valence-corrected chi connectivity index (χ2v) is 31.5. The zero-order valence-electron chi connectivity index (χ0n) is 27.6. The van der Waals surface area contributed by atoms with E-state index in [0.717, 1.165) is 43.1 Å². The van der Waals surface area contributed by atoms with Gasteiger partial charge in [-0.1, -0.05) is 24.3 Å². The highest BCUT2D eigenvalue weighted by Crippen LogP contribution is 2.36. The lowest BCUT2D eigenvalue weighted by Crippen LogP contribution is -2.43. The SMILES string of the molecule is C[Si]1(C)O[Si](C)(C)c2cc3cc4cc5c(cc4cc3cc21)C(=O)c1cc2cc3cc4c(cc3cc2cc1C5=O)[Si](C)(C)O[Si]4(C)C. The van der Waals surface area contributed by atoms with Gasteiger partial charge in [0.25, 0.3) is 0 Å². The standard InChI is InChI=1S/C38H36O4Si4/c1-43(2)33-17-25-9-21-13-29-30(14-22(21)10-26(25)18-34(33)44(3,4)41-43)38(40)32-16-24-12-28-20-36-35(45(5,6)42-46(36,7)8)19-27(28)11-23(24)15-31(32)37(29)39/h9-20H,1-8H3. The van der Waals surface area contributed by atoms with Crippen molar-refractivity contribution in [1.29, 1.82) is 0 Å². The van der Waals surface area contributed by atoms with Crippen LogP contribution in [0.1, 0.15) is 31.8 Å². The van der Waals surface area contributed by atoms with Gasteiger partial charge in [0.1, 0.15) is 0 Å². The van der Waals surface area contributed by atoms with E-state index in [1.54, 1.807) is 0 Å². The minimum Gasteiger partial charge on any atom is -0.449 e. The lowest BCUT2D eigenvalue weighted by atomic mass is 9.81. The molecule has 0 aromatic heterocycles. The average molecular weight is 669 g/mol. The molecule has 46 heavy (non-hydrogen) atoms. The summed E-state index contributed by atoms with van der Waals surface area (Å²) >= 11 is 0. The topological polar surface area (TPSA) is 52.6 Å². The van der Waals surface area contributed by atoms with E-state index in [9.17, 15) is 9.59 Å². The zero-order chi connectivity index (χ0) is 32.3. The Bertz CT molecular complexity index is 2140. The summed E-state index contributed by atoms with van der Waals surface area (Å²) in [4.78, 5) is 28.2. The monoisotopic (exact) mass is 668 g/mol. The van der Waals surface area contributed by atoms with Gasteiger partial charge >= 0.3 is 0 Å². The van der Waals surface area contributed by atoms with E-state index in [1.807, 2.05) is 24.3 Å². The average Bonchev–Trinajstić information content (AvgIpc) is 3.27. The fourth-order valence-corrected chi connectivity index (χ4v) is 29.2. The van der Waals surface area contributed by atoms with Gasteiger partial charge in [-0.15, -0.1) is 0 Å². The molecular formula is C38H36O4Si4. The maximum absolute atomic E-state index is 14.1. The molecule has 0 radical (unpaired) electrons. The van der Waals surface area contributed by atoms with E-state index in [4.69, 9.17) is 8.23 Å². The van der Waals surface area contributed by atoms with Crippen LogP contribution in [0, 0.1) is 0 Å². The van der Waals surface area contributed by atoms with Gasteiger partial charge < -0.3 is 8.23 Å². The summed E-state index contributed by atoms with van der Waals surface area (Å²) in [5, 5.41) is 14.1. The predicted octanol–water partition coefficient (Wildman–Crippen LogP) is 6.78. The van der Waals surface area contributed by atoms with Crippen molar-refractivity contribution in [2.24, 2.45) is 0 Å². The van der Waals surface area contributed by atoms with Crippen LogP contribution >= 0.6 is 0 Å².